The van der Waals surface area contributed by atoms with Crippen LogP contribution in [0, 0.1) is 0 Å². The summed E-state index contributed by atoms with van der Waals surface area (Å²) in [5.74, 6) is -2.00. The van der Waals surface area contributed by atoms with E-state index in [2.05, 4.69) is 10.0 Å². The third-order valence-corrected chi connectivity index (χ3v) is 7.35. The van der Waals surface area contributed by atoms with Gasteiger partial charge in [0, 0.05) is 12.5 Å². The third kappa shape index (κ3) is 3.37. The van der Waals surface area contributed by atoms with Gasteiger partial charge in [0.15, 0.2) is 0 Å². The zero-order chi connectivity index (χ0) is 18.9. The fraction of sp³-hybridized carbons (Fsp3) is 0.294. The van der Waals surface area contributed by atoms with Gasteiger partial charge in [-0.1, -0.05) is 30.3 Å². The van der Waals surface area contributed by atoms with Crippen molar-refractivity contribution in [2.45, 2.75) is 29.0 Å². The summed E-state index contributed by atoms with van der Waals surface area (Å²) >= 11 is 0.810. The first-order valence-electron chi connectivity index (χ1n) is 8.00. The number of thiophene rings is 1. The molecular weight excluding hydrogens is 376 g/mol. The first-order valence-corrected chi connectivity index (χ1v) is 10.3. The van der Waals surface area contributed by atoms with Crippen LogP contribution in [0.15, 0.2) is 46.7 Å². The molecule has 7 nitrogen and oxygen atoms in total. The molecule has 1 aliphatic rings. The number of nitrogens with one attached hydrogen (secondary N) is 2. The van der Waals surface area contributed by atoms with Crippen LogP contribution in [0.25, 0.3) is 0 Å². The quantitative estimate of drug-likeness (QED) is 0.663. The van der Waals surface area contributed by atoms with E-state index in [0.29, 0.717) is 6.54 Å². The molecule has 1 aliphatic carbocycles. The highest BCUT2D eigenvalue weighted by Gasteiger charge is 2.63. The average molecular weight is 394 g/mol. The second kappa shape index (κ2) is 6.82. The number of sulfonamides is 1. The lowest BCUT2D eigenvalue weighted by Gasteiger charge is -2.14. The largest absolute Gasteiger partial charge is 0.480 e. The van der Waals surface area contributed by atoms with Crippen molar-refractivity contribution in [3.63, 3.8) is 0 Å². The van der Waals surface area contributed by atoms with Gasteiger partial charge in [-0.3, -0.25) is 9.59 Å². The van der Waals surface area contributed by atoms with Crippen LogP contribution in [-0.4, -0.2) is 37.5 Å². The van der Waals surface area contributed by atoms with Crippen LogP contribution in [0.3, 0.4) is 0 Å². The van der Waals surface area contributed by atoms with Gasteiger partial charge in [-0.15, -0.1) is 11.3 Å². The highest BCUT2D eigenvalue weighted by Crippen LogP contribution is 2.52. The molecule has 0 radical (unpaired) electrons. The molecule has 2 aromatic rings. The van der Waals surface area contributed by atoms with Crippen LogP contribution in [0.5, 0.6) is 0 Å². The molecule has 0 aliphatic heterocycles. The van der Waals surface area contributed by atoms with Gasteiger partial charge in [-0.2, -0.15) is 4.72 Å². The molecule has 0 saturated heterocycles. The van der Waals surface area contributed by atoms with Gasteiger partial charge < -0.3 is 10.4 Å². The molecule has 1 aromatic heterocycles. The molecule has 2 unspecified atom stereocenters. The Balaban J connectivity index is 1.84. The van der Waals surface area contributed by atoms with Crippen LogP contribution < -0.4 is 10.0 Å². The molecule has 1 saturated carbocycles. The maximum absolute atomic E-state index is 12.7. The van der Waals surface area contributed by atoms with Crippen LogP contribution in [0.2, 0.25) is 0 Å². The molecule has 2 atom stereocenters. The fourth-order valence-electron chi connectivity index (χ4n) is 2.87. The number of hydrogen-bond donors (Lipinski definition) is 3. The number of hydrogen-bond acceptors (Lipinski definition) is 5. The zero-order valence-electron chi connectivity index (χ0n) is 13.9. The number of carbonyl (C=O) groups excluding carboxylic acids is 1. The summed E-state index contributed by atoms with van der Waals surface area (Å²) in [6, 6.07) is 11.7. The van der Waals surface area contributed by atoms with Gasteiger partial charge in [0.1, 0.15) is 9.75 Å². The number of benzene rings is 1. The smallest absolute Gasteiger partial charge is 0.325 e. The monoisotopic (exact) mass is 394 g/mol. The number of carboxylic acid groups (broad SMARTS) is 1. The van der Waals surface area contributed by atoms with Crippen molar-refractivity contribution in [1.29, 1.82) is 0 Å². The van der Waals surface area contributed by atoms with E-state index in [0.717, 1.165) is 16.9 Å². The Bertz CT molecular complexity index is 939. The highest BCUT2D eigenvalue weighted by atomic mass is 32.2. The van der Waals surface area contributed by atoms with Crippen molar-refractivity contribution in [3.05, 3.63) is 52.9 Å². The molecule has 0 spiro atoms. The summed E-state index contributed by atoms with van der Waals surface area (Å²) in [4.78, 5) is 23.9. The van der Waals surface area contributed by atoms with Crippen molar-refractivity contribution < 1.29 is 23.1 Å². The molecule has 138 valence electrons. The van der Waals surface area contributed by atoms with E-state index in [9.17, 15) is 23.1 Å². The van der Waals surface area contributed by atoms with Crippen molar-refractivity contribution in [3.8, 4) is 0 Å². The van der Waals surface area contributed by atoms with E-state index in [1.54, 1.807) is 31.2 Å². The van der Waals surface area contributed by atoms with Crippen molar-refractivity contribution >= 4 is 33.2 Å². The maximum atomic E-state index is 12.7. The third-order valence-electron chi connectivity index (χ3n) is 4.27. The molecule has 1 aromatic carbocycles. The molecule has 1 fully saturated rings. The minimum atomic E-state index is -4.06. The van der Waals surface area contributed by atoms with Crippen LogP contribution in [-0.2, 0) is 14.8 Å². The molecule has 26 heavy (non-hydrogen) atoms. The standard InChI is InChI=1S/C17H18N2O5S2/c1-2-18-15(20)13-8-9-14(25-13)26(23,24)19-17(16(21)22)10-12(17)11-6-4-3-5-7-11/h3-9,12,19H,2,10H2,1H3,(H,18,20)(H,21,22). The van der Waals surface area contributed by atoms with Crippen molar-refractivity contribution in [1.82, 2.24) is 10.0 Å². The fourth-order valence-corrected chi connectivity index (χ4v) is 5.50. The SMILES string of the molecule is CCNC(=O)c1ccc(S(=O)(=O)NC2(C(=O)O)CC2c2ccccc2)s1. The van der Waals surface area contributed by atoms with Crippen molar-refractivity contribution in [2.24, 2.45) is 0 Å². The molecule has 0 bridgehead atoms. The van der Waals surface area contributed by atoms with E-state index in [1.807, 2.05) is 6.07 Å². The number of carbonyl (C=O) groups is 2. The molecular formula is C17H18N2O5S2. The topological polar surface area (TPSA) is 113 Å². The Kier molecular flexibility index (Phi) is 4.87. The van der Waals surface area contributed by atoms with Crippen molar-refractivity contribution in [2.75, 3.05) is 6.54 Å². The van der Waals surface area contributed by atoms with E-state index in [4.69, 9.17) is 0 Å². The van der Waals surface area contributed by atoms with Gasteiger partial charge in [-0.25, -0.2) is 8.42 Å². The summed E-state index contributed by atoms with van der Waals surface area (Å²) in [7, 11) is -4.06. The van der Waals surface area contributed by atoms with Crippen LogP contribution >= 0.6 is 11.3 Å². The lowest BCUT2D eigenvalue weighted by atomic mass is 10.1. The second-order valence-corrected chi connectivity index (χ2v) is 9.02. The van der Waals surface area contributed by atoms with Gasteiger partial charge in [0.2, 0.25) is 0 Å². The Labute approximate surface area is 155 Å². The Morgan fingerprint density at radius 2 is 1.92 bits per heavy atom. The predicted octanol–water partition coefficient (Wildman–Crippen LogP) is 1.79. The number of rotatable bonds is 7. The first kappa shape index (κ1) is 18.6. The molecule has 1 amide bonds. The number of aliphatic carboxylic acids is 1. The lowest BCUT2D eigenvalue weighted by Crippen LogP contribution is -2.44. The maximum Gasteiger partial charge on any atom is 0.325 e. The second-order valence-electron chi connectivity index (χ2n) is 6.03. The molecule has 3 N–H and O–H groups in total. The average Bonchev–Trinajstić information content (AvgIpc) is 3.10. The number of carboxylic acids is 1. The number of amides is 1. The van der Waals surface area contributed by atoms with Gasteiger partial charge >= 0.3 is 5.97 Å². The Hall–Kier alpha value is -2.23. The normalized spacial score (nSPS) is 22.0. The summed E-state index contributed by atoms with van der Waals surface area (Å²) < 4.78 is 27.6. The first-order chi connectivity index (χ1) is 12.3. The molecule has 9 heteroatoms. The molecule has 3 rings (SSSR count). The summed E-state index contributed by atoms with van der Waals surface area (Å²) in [5, 5.41) is 12.2. The van der Waals surface area contributed by atoms with Crippen LogP contribution in [0.1, 0.15) is 34.5 Å². The van der Waals surface area contributed by atoms with Gasteiger partial charge in [0.25, 0.3) is 15.9 Å². The van der Waals surface area contributed by atoms with Gasteiger partial charge in [-0.05, 0) is 31.0 Å². The van der Waals surface area contributed by atoms with Gasteiger partial charge in [0.05, 0.1) is 4.88 Å². The highest BCUT2D eigenvalue weighted by molar-refractivity contribution is 7.91. The molecule has 1 heterocycles. The minimum Gasteiger partial charge on any atom is -0.480 e. The van der Waals surface area contributed by atoms with E-state index < -0.39 is 27.4 Å². The predicted molar refractivity (Wildman–Crippen MR) is 96.8 cm³/mol. The summed E-state index contributed by atoms with van der Waals surface area (Å²) in [6.45, 7) is 2.19. The van der Waals surface area contributed by atoms with E-state index in [-0.39, 0.29) is 21.4 Å². The Morgan fingerprint density at radius 1 is 1.23 bits per heavy atom. The van der Waals surface area contributed by atoms with E-state index >= 15 is 0 Å². The van der Waals surface area contributed by atoms with E-state index in [1.165, 1.54) is 12.1 Å². The lowest BCUT2D eigenvalue weighted by molar-refractivity contribution is -0.140. The van der Waals surface area contributed by atoms with Crippen LogP contribution in [0.4, 0.5) is 0 Å². The summed E-state index contributed by atoms with van der Waals surface area (Å²) in [5.41, 5.74) is -0.789. The summed E-state index contributed by atoms with van der Waals surface area (Å²) in [6.07, 6.45) is 0.181. The minimum absolute atomic E-state index is 0.0851. The Morgan fingerprint density at radius 3 is 2.54 bits per heavy atom. The zero-order valence-corrected chi connectivity index (χ0v) is 15.6.